The van der Waals surface area contributed by atoms with E-state index in [-0.39, 0.29) is 0 Å². The van der Waals surface area contributed by atoms with Gasteiger partial charge in [-0.1, -0.05) is 18.2 Å². The van der Waals surface area contributed by atoms with E-state index < -0.39 is 5.60 Å². The summed E-state index contributed by atoms with van der Waals surface area (Å²) in [5.74, 6) is 0.907. The highest BCUT2D eigenvalue weighted by molar-refractivity contribution is 5.36. The first-order valence-corrected chi connectivity index (χ1v) is 4.10. The average Bonchev–Trinajstić information content (AvgIpc) is 2.02. The minimum Gasteiger partial charge on any atom is -0.490 e. The molecular formula is C10H12O2. The predicted octanol–water partition coefficient (Wildman–Crippen LogP) is 1.37. The summed E-state index contributed by atoms with van der Waals surface area (Å²) < 4.78 is 5.39. The molecular weight excluding hydrogens is 152 g/mol. The fraction of sp³-hybridized carbons (Fsp3) is 0.400. The van der Waals surface area contributed by atoms with Crippen molar-refractivity contribution < 1.29 is 9.84 Å². The zero-order valence-corrected chi connectivity index (χ0v) is 7.08. The van der Waals surface area contributed by atoms with Gasteiger partial charge in [-0.25, -0.2) is 0 Å². The van der Waals surface area contributed by atoms with Crippen molar-refractivity contribution in [2.45, 2.75) is 18.9 Å². The van der Waals surface area contributed by atoms with Crippen LogP contribution in [0, 0.1) is 0 Å². The van der Waals surface area contributed by atoms with Crippen LogP contribution in [0.3, 0.4) is 0 Å². The van der Waals surface area contributed by atoms with E-state index in [1.54, 1.807) is 6.92 Å². The van der Waals surface area contributed by atoms with Gasteiger partial charge in [0.05, 0.1) is 5.60 Å². The van der Waals surface area contributed by atoms with Crippen LogP contribution in [0.1, 0.15) is 12.5 Å². The Labute approximate surface area is 71.8 Å². The van der Waals surface area contributed by atoms with Gasteiger partial charge in [0.1, 0.15) is 12.4 Å². The molecule has 0 saturated carbocycles. The van der Waals surface area contributed by atoms with Crippen molar-refractivity contribution in [3.8, 4) is 5.75 Å². The topological polar surface area (TPSA) is 29.5 Å². The van der Waals surface area contributed by atoms with Crippen molar-refractivity contribution in [1.29, 1.82) is 0 Å². The SMILES string of the molecule is CC1(O)COc2ccccc2C1. The fourth-order valence-electron chi connectivity index (χ4n) is 1.49. The van der Waals surface area contributed by atoms with Gasteiger partial charge in [0, 0.05) is 6.42 Å². The van der Waals surface area contributed by atoms with Gasteiger partial charge in [-0.2, -0.15) is 0 Å². The van der Waals surface area contributed by atoms with Gasteiger partial charge in [-0.15, -0.1) is 0 Å². The van der Waals surface area contributed by atoms with E-state index in [0.29, 0.717) is 13.0 Å². The van der Waals surface area contributed by atoms with Crippen LogP contribution in [0.4, 0.5) is 0 Å². The van der Waals surface area contributed by atoms with Crippen molar-refractivity contribution >= 4 is 0 Å². The lowest BCUT2D eigenvalue weighted by molar-refractivity contribution is -0.000607. The fourth-order valence-corrected chi connectivity index (χ4v) is 1.49. The van der Waals surface area contributed by atoms with Crippen molar-refractivity contribution in [2.24, 2.45) is 0 Å². The van der Waals surface area contributed by atoms with Crippen LogP contribution in [-0.4, -0.2) is 17.3 Å². The van der Waals surface area contributed by atoms with Gasteiger partial charge in [-0.3, -0.25) is 0 Å². The molecule has 0 saturated heterocycles. The van der Waals surface area contributed by atoms with E-state index in [0.717, 1.165) is 11.3 Å². The van der Waals surface area contributed by atoms with Crippen LogP contribution in [-0.2, 0) is 6.42 Å². The maximum atomic E-state index is 9.70. The molecule has 0 fully saturated rings. The number of hydrogen-bond donors (Lipinski definition) is 1. The number of para-hydroxylation sites is 1. The summed E-state index contributed by atoms with van der Waals surface area (Å²) in [4.78, 5) is 0. The maximum absolute atomic E-state index is 9.70. The Balaban J connectivity index is 2.35. The second-order valence-electron chi connectivity index (χ2n) is 3.57. The van der Waals surface area contributed by atoms with Gasteiger partial charge in [0.15, 0.2) is 0 Å². The molecule has 2 nitrogen and oxygen atoms in total. The Hall–Kier alpha value is -1.02. The number of hydrogen-bond acceptors (Lipinski definition) is 2. The van der Waals surface area contributed by atoms with Gasteiger partial charge >= 0.3 is 0 Å². The van der Waals surface area contributed by atoms with Gasteiger partial charge in [-0.05, 0) is 18.6 Å². The summed E-state index contributed by atoms with van der Waals surface area (Å²) in [5, 5.41) is 9.70. The summed E-state index contributed by atoms with van der Waals surface area (Å²) in [6.07, 6.45) is 0.684. The lowest BCUT2D eigenvalue weighted by Crippen LogP contribution is -2.38. The second kappa shape index (κ2) is 2.49. The third-order valence-corrected chi connectivity index (χ3v) is 2.08. The largest absolute Gasteiger partial charge is 0.490 e. The van der Waals surface area contributed by atoms with Crippen LogP contribution in [0.2, 0.25) is 0 Å². The Morgan fingerprint density at radius 2 is 2.17 bits per heavy atom. The number of fused-ring (bicyclic) bond motifs is 1. The van der Waals surface area contributed by atoms with Crippen LogP contribution >= 0.6 is 0 Å². The zero-order valence-electron chi connectivity index (χ0n) is 7.08. The third kappa shape index (κ3) is 1.30. The normalized spacial score (nSPS) is 27.5. The molecule has 0 aliphatic carbocycles. The first kappa shape index (κ1) is 7.62. The average molecular weight is 164 g/mol. The smallest absolute Gasteiger partial charge is 0.122 e. The van der Waals surface area contributed by atoms with Crippen LogP contribution in [0.25, 0.3) is 0 Å². The molecule has 1 atom stereocenters. The molecule has 1 aliphatic heterocycles. The summed E-state index contributed by atoms with van der Waals surface area (Å²) in [6, 6.07) is 7.83. The lowest BCUT2D eigenvalue weighted by atomic mass is 9.94. The molecule has 2 rings (SSSR count). The minimum absolute atomic E-state index is 0.393. The Morgan fingerprint density at radius 1 is 1.42 bits per heavy atom. The number of benzene rings is 1. The van der Waals surface area contributed by atoms with E-state index >= 15 is 0 Å². The Kier molecular flexibility index (Phi) is 1.58. The molecule has 0 amide bonds. The summed E-state index contributed by atoms with van der Waals surface area (Å²) >= 11 is 0. The standard InChI is InChI=1S/C10H12O2/c1-10(11)6-8-4-2-3-5-9(8)12-7-10/h2-5,11H,6-7H2,1H3. The van der Waals surface area contributed by atoms with Gasteiger partial charge in [0.2, 0.25) is 0 Å². The highest BCUT2D eigenvalue weighted by Crippen LogP contribution is 2.28. The van der Waals surface area contributed by atoms with Crippen molar-refractivity contribution in [3.63, 3.8) is 0 Å². The van der Waals surface area contributed by atoms with Crippen molar-refractivity contribution in [1.82, 2.24) is 0 Å². The van der Waals surface area contributed by atoms with E-state index in [1.807, 2.05) is 24.3 Å². The highest BCUT2D eigenvalue weighted by Gasteiger charge is 2.27. The molecule has 0 bridgehead atoms. The first-order valence-electron chi connectivity index (χ1n) is 4.10. The molecule has 2 heteroatoms. The number of ether oxygens (including phenoxy) is 1. The first-order chi connectivity index (χ1) is 5.67. The van der Waals surface area contributed by atoms with Crippen molar-refractivity contribution in [3.05, 3.63) is 29.8 Å². The number of aliphatic hydroxyl groups is 1. The number of rotatable bonds is 0. The van der Waals surface area contributed by atoms with Gasteiger partial charge in [0.25, 0.3) is 0 Å². The monoisotopic (exact) mass is 164 g/mol. The van der Waals surface area contributed by atoms with E-state index in [2.05, 4.69) is 0 Å². The molecule has 0 spiro atoms. The van der Waals surface area contributed by atoms with E-state index in [1.165, 1.54) is 0 Å². The molecule has 0 aromatic heterocycles. The highest BCUT2D eigenvalue weighted by atomic mass is 16.5. The second-order valence-corrected chi connectivity index (χ2v) is 3.57. The molecule has 0 radical (unpaired) electrons. The molecule has 1 unspecified atom stereocenters. The maximum Gasteiger partial charge on any atom is 0.122 e. The molecule has 1 heterocycles. The van der Waals surface area contributed by atoms with Crippen LogP contribution in [0.5, 0.6) is 5.75 Å². The van der Waals surface area contributed by atoms with Crippen molar-refractivity contribution in [2.75, 3.05) is 6.61 Å². The molecule has 1 aliphatic rings. The van der Waals surface area contributed by atoms with Crippen LogP contribution < -0.4 is 4.74 Å². The summed E-state index contributed by atoms with van der Waals surface area (Å²) in [7, 11) is 0. The Morgan fingerprint density at radius 3 is 3.00 bits per heavy atom. The van der Waals surface area contributed by atoms with Crippen LogP contribution in [0.15, 0.2) is 24.3 Å². The van der Waals surface area contributed by atoms with E-state index in [4.69, 9.17) is 4.74 Å². The molecule has 64 valence electrons. The molecule has 1 aromatic rings. The third-order valence-electron chi connectivity index (χ3n) is 2.08. The molecule has 12 heavy (non-hydrogen) atoms. The minimum atomic E-state index is -0.700. The molecule has 1 aromatic carbocycles. The van der Waals surface area contributed by atoms with Gasteiger partial charge < -0.3 is 9.84 Å². The zero-order chi connectivity index (χ0) is 8.60. The summed E-state index contributed by atoms with van der Waals surface area (Å²) in [5.41, 5.74) is 0.391. The quantitative estimate of drug-likeness (QED) is 0.627. The van der Waals surface area contributed by atoms with E-state index in [9.17, 15) is 5.11 Å². The lowest BCUT2D eigenvalue weighted by Gasteiger charge is -2.29. The predicted molar refractivity (Wildman–Crippen MR) is 46.3 cm³/mol. The molecule has 1 N–H and O–H groups in total. The summed E-state index contributed by atoms with van der Waals surface area (Å²) in [6.45, 7) is 2.19. The Bertz CT molecular complexity index is 292.